The predicted molar refractivity (Wildman–Crippen MR) is 55.3 cm³/mol. The maximum absolute atomic E-state index is 11.9. The Kier molecular flexibility index (Phi) is 2.68. The van der Waals surface area contributed by atoms with Gasteiger partial charge in [0.1, 0.15) is 0 Å². The van der Waals surface area contributed by atoms with Crippen molar-refractivity contribution in [2.75, 3.05) is 13.1 Å². The molecule has 1 aromatic heterocycles. The summed E-state index contributed by atoms with van der Waals surface area (Å²) in [6.07, 6.45) is 2.80. The molecule has 14 heavy (non-hydrogen) atoms. The number of Topliss-reactive ketones (excluding diaryl/α,β-unsaturated/α-hetero) is 1. The lowest BCUT2D eigenvalue weighted by molar-refractivity contribution is 0.0877. The van der Waals surface area contributed by atoms with Crippen molar-refractivity contribution in [2.24, 2.45) is 11.8 Å². The molecule has 0 radical (unpaired) electrons. The second-order valence-corrected chi connectivity index (χ2v) is 4.14. The molecule has 76 valence electrons. The van der Waals surface area contributed by atoms with E-state index in [0.717, 1.165) is 25.2 Å². The van der Waals surface area contributed by atoms with Crippen LogP contribution in [0, 0.1) is 11.8 Å². The van der Waals surface area contributed by atoms with Crippen molar-refractivity contribution in [3.63, 3.8) is 0 Å². The summed E-state index contributed by atoms with van der Waals surface area (Å²) in [6, 6.07) is 3.72. The number of carbonyl (C=O) groups excluding carboxylic acids is 1. The molecule has 0 saturated carbocycles. The summed E-state index contributed by atoms with van der Waals surface area (Å²) in [5, 5.41) is 3.29. The lowest BCUT2D eigenvalue weighted by atomic mass is 9.88. The van der Waals surface area contributed by atoms with Crippen LogP contribution in [0.3, 0.4) is 0 Å². The molecule has 2 heterocycles. The topological polar surface area (TPSA) is 44.9 Å². The minimum atomic E-state index is 0.150. The van der Waals surface area contributed by atoms with Gasteiger partial charge in [-0.05, 0) is 31.0 Å². The van der Waals surface area contributed by atoms with Gasteiger partial charge in [-0.1, -0.05) is 6.92 Å². The van der Waals surface area contributed by atoms with Crippen molar-refractivity contribution in [1.29, 1.82) is 0 Å². The number of carbonyl (C=O) groups is 1. The molecule has 0 aromatic carbocycles. The number of nitrogens with one attached hydrogen (secondary N) is 2. The fourth-order valence-corrected chi connectivity index (χ4v) is 2.06. The summed E-state index contributed by atoms with van der Waals surface area (Å²) in [4.78, 5) is 14.9. The highest BCUT2D eigenvalue weighted by Crippen LogP contribution is 2.19. The number of hydrogen-bond acceptors (Lipinski definition) is 2. The standard InChI is InChI=1S/C11H16N2O/c1-8-5-9(7-12-6-8)11(14)10-3-2-4-13-10/h2-4,8-9,12-13H,5-7H2,1H3. The van der Waals surface area contributed by atoms with Crippen molar-refractivity contribution in [2.45, 2.75) is 13.3 Å². The van der Waals surface area contributed by atoms with Crippen LogP contribution in [0.5, 0.6) is 0 Å². The Bertz CT molecular complexity index is 305. The van der Waals surface area contributed by atoms with Gasteiger partial charge in [0.05, 0.1) is 5.69 Å². The molecule has 3 heteroatoms. The number of aromatic amines is 1. The van der Waals surface area contributed by atoms with Crippen molar-refractivity contribution < 1.29 is 4.79 Å². The first-order chi connectivity index (χ1) is 6.77. The van der Waals surface area contributed by atoms with E-state index in [4.69, 9.17) is 0 Å². The molecular formula is C11H16N2O. The van der Waals surface area contributed by atoms with Crippen molar-refractivity contribution in [3.8, 4) is 0 Å². The third-order valence-electron chi connectivity index (χ3n) is 2.80. The first-order valence-corrected chi connectivity index (χ1v) is 5.15. The summed E-state index contributed by atoms with van der Waals surface area (Å²) in [5.41, 5.74) is 0.742. The van der Waals surface area contributed by atoms with Gasteiger partial charge in [0.15, 0.2) is 5.78 Å². The van der Waals surface area contributed by atoms with Crippen LogP contribution in [0.1, 0.15) is 23.8 Å². The number of piperidine rings is 1. The maximum Gasteiger partial charge on any atom is 0.183 e. The van der Waals surface area contributed by atoms with E-state index in [-0.39, 0.29) is 11.7 Å². The predicted octanol–water partition coefficient (Wildman–Crippen LogP) is 1.44. The average Bonchev–Trinajstić information content (AvgIpc) is 2.69. The molecule has 0 aliphatic carbocycles. The monoisotopic (exact) mass is 192 g/mol. The van der Waals surface area contributed by atoms with Gasteiger partial charge >= 0.3 is 0 Å². The van der Waals surface area contributed by atoms with Gasteiger partial charge < -0.3 is 10.3 Å². The Labute approximate surface area is 83.9 Å². The smallest absolute Gasteiger partial charge is 0.183 e. The second-order valence-electron chi connectivity index (χ2n) is 4.14. The van der Waals surface area contributed by atoms with E-state index >= 15 is 0 Å². The number of hydrogen-bond donors (Lipinski definition) is 2. The van der Waals surface area contributed by atoms with Crippen LogP contribution in [0.4, 0.5) is 0 Å². The summed E-state index contributed by atoms with van der Waals surface area (Å²) >= 11 is 0. The van der Waals surface area contributed by atoms with Gasteiger partial charge in [-0.2, -0.15) is 0 Å². The minimum absolute atomic E-state index is 0.150. The Hall–Kier alpha value is -1.09. The highest BCUT2D eigenvalue weighted by molar-refractivity contribution is 5.96. The van der Waals surface area contributed by atoms with E-state index in [1.54, 1.807) is 6.20 Å². The third kappa shape index (κ3) is 1.87. The summed E-state index contributed by atoms with van der Waals surface area (Å²) in [5.74, 6) is 0.999. The van der Waals surface area contributed by atoms with E-state index in [2.05, 4.69) is 17.2 Å². The molecule has 0 spiro atoms. The molecule has 2 atom stereocenters. The fourth-order valence-electron chi connectivity index (χ4n) is 2.06. The third-order valence-corrected chi connectivity index (χ3v) is 2.80. The lowest BCUT2D eigenvalue weighted by Gasteiger charge is -2.26. The first-order valence-electron chi connectivity index (χ1n) is 5.15. The average molecular weight is 192 g/mol. The Morgan fingerprint density at radius 1 is 1.50 bits per heavy atom. The SMILES string of the molecule is CC1CNCC(C(=O)c2ccc[nH]2)C1. The van der Waals surface area contributed by atoms with Crippen molar-refractivity contribution in [3.05, 3.63) is 24.0 Å². The van der Waals surface area contributed by atoms with Crippen LogP contribution >= 0.6 is 0 Å². The van der Waals surface area contributed by atoms with Crippen molar-refractivity contribution >= 4 is 5.78 Å². The van der Waals surface area contributed by atoms with Gasteiger partial charge in [-0.3, -0.25) is 4.79 Å². The highest BCUT2D eigenvalue weighted by Gasteiger charge is 2.25. The summed E-state index contributed by atoms with van der Waals surface area (Å²) in [7, 11) is 0. The zero-order chi connectivity index (χ0) is 9.97. The van der Waals surface area contributed by atoms with Gasteiger partial charge in [-0.15, -0.1) is 0 Å². The maximum atomic E-state index is 11.9. The van der Waals surface area contributed by atoms with E-state index in [1.165, 1.54) is 0 Å². The molecule has 2 rings (SSSR count). The van der Waals surface area contributed by atoms with E-state index in [9.17, 15) is 4.79 Å². The molecule has 3 nitrogen and oxygen atoms in total. The van der Waals surface area contributed by atoms with Crippen LogP contribution in [0.15, 0.2) is 18.3 Å². The largest absolute Gasteiger partial charge is 0.359 e. The zero-order valence-electron chi connectivity index (χ0n) is 8.42. The van der Waals surface area contributed by atoms with Gasteiger partial charge in [-0.25, -0.2) is 0 Å². The Morgan fingerprint density at radius 3 is 3.00 bits per heavy atom. The minimum Gasteiger partial charge on any atom is -0.359 e. The first kappa shape index (κ1) is 9.46. The molecule has 1 aromatic rings. The number of rotatable bonds is 2. The van der Waals surface area contributed by atoms with Crippen LogP contribution in [0.25, 0.3) is 0 Å². The fraction of sp³-hybridized carbons (Fsp3) is 0.545. The lowest BCUT2D eigenvalue weighted by Crippen LogP contribution is -2.38. The molecule has 1 fully saturated rings. The van der Waals surface area contributed by atoms with Crippen LogP contribution < -0.4 is 5.32 Å². The quantitative estimate of drug-likeness (QED) is 0.696. The van der Waals surface area contributed by atoms with E-state index in [1.807, 2.05) is 12.1 Å². The molecule has 2 N–H and O–H groups in total. The molecule has 0 bridgehead atoms. The summed E-state index contributed by atoms with van der Waals surface area (Å²) in [6.45, 7) is 4.04. The molecule has 0 amide bonds. The van der Waals surface area contributed by atoms with Crippen LogP contribution in [-0.4, -0.2) is 23.9 Å². The number of ketones is 1. The van der Waals surface area contributed by atoms with Crippen LogP contribution in [-0.2, 0) is 0 Å². The molecule has 1 aliphatic heterocycles. The number of H-pyrrole nitrogens is 1. The van der Waals surface area contributed by atoms with Gasteiger partial charge in [0, 0.05) is 18.7 Å². The van der Waals surface area contributed by atoms with Gasteiger partial charge in [0.25, 0.3) is 0 Å². The Balaban J connectivity index is 2.04. The molecular weight excluding hydrogens is 176 g/mol. The highest BCUT2D eigenvalue weighted by atomic mass is 16.1. The molecule has 1 saturated heterocycles. The number of aromatic nitrogens is 1. The van der Waals surface area contributed by atoms with E-state index < -0.39 is 0 Å². The zero-order valence-corrected chi connectivity index (χ0v) is 8.42. The second kappa shape index (κ2) is 3.96. The summed E-state index contributed by atoms with van der Waals surface area (Å²) < 4.78 is 0. The van der Waals surface area contributed by atoms with Crippen LogP contribution in [0.2, 0.25) is 0 Å². The molecule has 2 unspecified atom stereocenters. The normalized spacial score (nSPS) is 27.5. The Morgan fingerprint density at radius 2 is 2.36 bits per heavy atom. The van der Waals surface area contributed by atoms with E-state index in [0.29, 0.717) is 5.92 Å². The molecule has 1 aliphatic rings. The van der Waals surface area contributed by atoms with Crippen molar-refractivity contribution in [1.82, 2.24) is 10.3 Å². The van der Waals surface area contributed by atoms with Gasteiger partial charge in [0.2, 0.25) is 0 Å².